The molecule has 1 aromatic rings. The monoisotopic (exact) mass is 320 g/mol. The molecule has 0 saturated carbocycles. The van der Waals surface area contributed by atoms with Crippen molar-refractivity contribution in [2.45, 2.75) is 37.1 Å². The zero-order chi connectivity index (χ0) is 15.2. The van der Waals surface area contributed by atoms with Gasteiger partial charge in [0.15, 0.2) is 0 Å². The van der Waals surface area contributed by atoms with Gasteiger partial charge in [-0.25, -0.2) is 8.42 Å². The number of hydrogen-bond donors (Lipinski definition) is 1. The van der Waals surface area contributed by atoms with Crippen LogP contribution in [-0.2, 0) is 21.3 Å². The molecule has 0 fully saturated rings. The number of thiophene rings is 1. The molecule has 1 N–H and O–H groups in total. The van der Waals surface area contributed by atoms with Gasteiger partial charge in [0, 0.05) is 31.6 Å². The van der Waals surface area contributed by atoms with Gasteiger partial charge >= 0.3 is 0 Å². The van der Waals surface area contributed by atoms with Crippen molar-refractivity contribution < 1.29 is 13.2 Å². The van der Waals surface area contributed by atoms with Gasteiger partial charge in [0.05, 0.1) is 6.61 Å². The van der Waals surface area contributed by atoms with Gasteiger partial charge in [0.2, 0.25) is 0 Å². The second-order valence-electron chi connectivity index (χ2n) is 4.72. The predicted octanol–water partition coefficient (Wildman–Crippen LogP) is 1.90. The van der Waals surface area contributed by atoms with Crippen molar-refractivity contribution in [3.63, 3.8) is 0 Å². The summed E-state index contributed by atoms with van der Waals surface area (Å²) in [4.78, 5) is 1.03. The third kappa shape index (κ3) is 4.53. The number of rotatable bonds is 9. The summed E-state index contributed by atoms with van der Waals surface area (Å²) in [7, 11) is -0.266. The largest absolute Gasteiger partial charge is 0.383 e. The van der Waals surface area contributed by atoms with Crippen LogP contribution in [0.5, 0.6) is 0 Å². The maximum absolute atomic E-state index is 12.5. The van der Waals surface area contributed by atoms with Crippen molar-refractivity contribution in [3.8, 4) is 0 Å². The Kier molecular flexibility index (Phi) is 7.11. The van der Waals surface area contributed by atoms with E-state index in [4.69, 9.17) is 4.74 Å². The molecule has 1 rings (SSSR count). The van der Waals surface area contributed by atoms with Crippen molar-refractivity contribution in [2.75, 3.05) is 27.3 Å². The minimum absolute atomic E-state index is 0.186. The highest BCUT2D eigenvalue weighted by molar-refractivity contribution is 7.91. The van der Waals surface area contributed by atoms with E-state index < -0.39 is 10.0 Å². The topological polar surface area (TPSA) is 58.6 Å². The fraction of sp³-hybridized carbons (Fsp3) is 0.692. The molecule has 20 heavy (non-hydrogen) atoms. The first-order valence-electron chi connectivity index (χ1n) is 6.69. The highest BCUT2D eigenvalue weighted by Gasteiger charge is 2.26. The van der Waals surface area contributed by atoms with Crippen molar-refractivity contribution in [1.82, 2.24) is 9.62 Å². The predicted molar refractivity (Wildman–Crippen MR) is 82.6 cm³/mol. The van der Waals surface area contributed by atoms with Crippen LogP contribution >= 0.6 is 11.3 Å². The second kappa shape index (κ2) is 8.09. The van der Waals surface area contributed by atoms with Gasteiger partial charge in [-0.05, 0) is 32.0 Å². The summed E-state index contributed by atoms with van der Waals surface area (Å²) in [5.74, 6) is 0. The number of nitrogens with one attached hydrogen (secondary N) is 1. The molecule has 0 radical (unpaired) electrons. The molecule has 0 aliphatic rings. The Morgan fingerprint density at radius 3 is 2.75 bits per heavy atom. The number of likely N-dealkylation sites (N-methyl/N-ethyl adjacent to an activating group) is 1. The molecular weight excluding hydrogens is 296 g/mol. The molecule has 116 valence electrons. The standard InChI is InChI=1S/C13H24N2O3S2/c1-5-8-14-9-12-6-7-13(19-12)20(16,17)15(3)11(2)10-18-4/h6-7,11,14H,5,8-10H2,1-4H3. The van der Waals surface area contributed by atoms with Crippen molar-refractivity contribution in [3.05, 3.63) is 17.0 Å². The Morgan fingerprint density at radius 2 is 2.15 bits per heavy atom. The van der Waals surface area contributed by atoms with Crippen molar-refractivity contribution in [2.24, 2.45) is 0 Å². The van der Waals surface area contributed by atoms with Crippen LogP contribution in [0.1, 0.15) is 25.1 Å². The first-order valence-corrected chi connectivity index (χ1v) is 8.95. The van der Waals surface area contributed by atoms with Crippen LogP contribution in [0.2, 0.25) is 0 Å². The molecule has 5 nitrogen and oxygen atoms in total. The lowest BCUT2D eigenvalue weighted by atomic mass is 10.4. The first kappa shape index (κ1) is 17.6. The number of hydrogen-bond acceptors (Lipinski definition) is 5. The second-order valence-corrected chi connectivity index (χ2v) is 8.12. The zero-order valence-electron chi connectivity index (χ0n) is 12.5. The maximum Gasteiger partial charge on any atom is 0.252 e. The molecule has 0 aromatic carbocycles. The van der Waals surface area contributed by atoms with E-state index in [0.717, 1.165) is 17.8 Å². The van der Waals surface area contributed by atoms with Crippen molar-refractivity contribution in [1.29, 1.82) is 0 Å². The molecule has 1 atom stereocenters. The van der Waals surface area contributed by atoms with Gasteiger partial charge in [0.25, 0.3) is 10.0 Å². The average Bonchev–Trinajstić information content (AvgIpc) is 2.88. The number of ether oxygens (including phenoxy) is 1. The quantitative estimate of drug-likeness (QED) is 0.706. The molecule has 0 aliphatic carbocycles. The molecule has 0 bridgehead atoms. The molecule has 1 unspecified atom stereocenters. The Labute approximate surface area is 126 Å². The van der Waals surface area contributed by atoms with E-state index in [-0.39, 0.29) is 6.04 Å². The van der Waals surface area contributed by atoms with Crippen molar-refractivity contribution >= 4 is 21.4 Å². The fourth-order valence-corrected chi connectivity index (χ4v) is 4.56. The Morgan fingerprint density at radius 1 is 1.45 bits per heavy atom. The lowest BCUT2D eigenvalue weighted by Crippen LogP contribution is -2.37. The third-order valence-electron chi connectivity index (χ3n) is 3.02. The normalized spacial score (nSPS) is 13.8. The smallest absolute Gasteiger partial charge is 0.252 e. The minimum atomic E-state index is -3.43. The summed E-state index contributed by atoms with van der Waals surface area (Å²) in [5.41, 5.74) is 0. The van der Waals surface area contributed by atoms with E-state index in [9.17, 15) is 8.42 Å². The molecule has 0 amide bonds. The van der Waals surface area contributed by atoms with Crippen LogP contribution in [0, 0.1) is 0 Å². The highest BCUT2D eigenvalue weighted by atomic mass is 32.2. The summed E-state index contributed by atoms with van der Waals surface area (Å²) >= 11 is 1.32. The van der Waals surface area contributed by atoms with Gasteiger partial charge in [-0.3, -0.25) is 0 Å². The summed E-state index contributed by atoms with van der Waals surface area (Å²) in [6.07, 6.45) is 1.06. The Balaban J connectivity index is 2.77. The molecular formula is C13H24N2O3S2. The van der Waals surface area contributed by atoms with Gasteiger partial charge in [0.1, 0.15) is 4.21 Å². The molecule has 7 heteroatoms. The van der Waals surface area contributed by atoms with E-state index in [1.807, 2.05) is 13.0 Å². The first-order chi connectivity index (χ1) is 9.43. The fourth-order valence-electron chi connectivity index (χ4n) is 1.71. The SMILES string of the molecule is CCCNCc1ccc(S(=O)(=O)N(C)C(C)COC)s1. The summed E-state index contributed by atoms with van der Waals surface area (Å²) in [5, 5.41) is 3.27. The van der Waals surface area contributed by atoms with E-state index in [1.54, 1.807) is 20.2 Å². The van der Waals surface area contributed by atoms with Crippen LogP contribution in [0.3, 0.4) is 0 Å². The summed E-state index contributed by atoms with van der Waals surface area (Å²) in [6.45, 7) is 5.96. The van der Waals surface area contributed by atoms with Gasteiger partial charge in [-0.1, -0.05) is 6.92 Å². The Bertz CT molecular complexity index is 499. The zero-order valence-corrected chi connectivity index (χ0v) is 14.2. The van der Waals surface area contributed by atoms with Crippen LogP contribution in [0.4, 0.5) is 0 Å². The van der Waals surface area contributed by atoms with Gasteiger partial charge < -0.3 is 10.1 Å². The van der Waals surface area contributed by atoms with Gasteiger partial charge in [-0.2, -0.15) is 4.31 Å². The van der Waals surface area contributed by atoms with Crippen LogP contribution < -0.4 is 5.32 Å². The number of sulfonamides is 1. The van der Waals surface area contributed by atoms with Crippen LogP contribution in [0.25, 0.3) is 0 Å². The van der Waals surface area contributed by atoms with Crippen LogP contribution in [-0.4, -0.2) is 46.1 Å². The summed E-state index contributed by atoms with van der Waals surface area (Å²) in [6, 6.07) is 3.36. The van der Waals surface area contributed by atoms with E-state index >= 15 is 0 Å². The van der Waals surface area contributed by atoms with E-state index in [1.165, 1.54) is 15.6 Å². The highest BCUT2D eigenvalue weighted by Crippen LogP contribution is 2.25. The molecule has 0 spiro atoms. The Hall–Kier alpha value is -0.470. The maximum atomic E-state index is 12.5. The minimum Gasteiger partial charge on any atom is -0.383 e. The molecule has 1 aromatic heterocycles. The lowest BCUT2D eigenvalue weighted by molar-refractivity contribution is 0.149. The lowest BCUT2D eigenvalue weighted by Gasteiger charge is -2.22. The van der Waals surface area contributed by atoms with Gasteiger partial charge in [-0.15, -0.1) is 11.3 Å². The third-order valence-corrected chi connectivity index (χ3v) is 6.55. The summed E-state index contributed by atoms with van der Waals surface area (Å²) < 4.78 is 31.7. The van der Waals surface area contributed by atoms with Crippen LogP contribution in [0.15, 0.2) is 16.3 Å². The van der Waals surface area contributed by atoms with E-state index in [2.05, 4.69) is 12.2 Å². The van der Waals surface area contributed by atoms with E-state index in [0.29, 0.717) is 17.4 Å². The number of methoxy groups -OCH3 is 1. The molecule has 1 heterocycles. The molecule has 0 saturated heterocycles. The number of nitrogens with zero attached hydrogens (tertiary/aromatic N) is 1. The molecule has 0 aliphatic heterocycles. The average molecular weight is 320 g/mol.